The van der Waals surface area contributed by atoms with Gasteiger partial charge in [0.25, 0.3) is 0 Å². The summed E-state index contributed by atoms with van der Waals surface area (Å²) in [5, 5.41) is 4.76. The van der Waals surface area contributed by atoms with E-state index in [9.17, 15) is 0 Å². The fourth-order valence-corrected chi connectivity index (χ4v) is 0.522. The number of nitrogens with zero attached hydrogens (tertiary/aromatic N) is 1. The molecule has 1 unspecified atom stereocenters. The minimum atomic E-state index is 0.859. The molecule has 2 heteroatoms. The smallest absolute Gasteiger partial charge is 0.0981 e. The molecule has 1 heterocycles. The first-order chi connectivity index (χ1) is 3.29. The first-order valence-corrected chi connectivity index (χ1v) is 2.20. The molecule has 1 atom stereocenters. The molecule has 0 fully saturated rings. The third kappa shape index (κ3) is 0.871. The van der Waals surface area contributed by atoms with E-state index in [1.54, 1.807) is 0 Å². The van der Waals surface area contributed by atoms with Gasteiger partial charge < -0.3 is 5.01 Å². The highest BCUT2D eigenvalue weighted by Crippen LogP contribution is 1.83. The third-order valence-corrected chi connectivity index (χ3v) is 0.828. The van der Waals surface area contributed by atoms with Crippen molar-refractivity contribution in [1.82, 2.24) is 0 Å². The van der Waals surface area contributed by atoms with Crippen molar-refractivity contribution in [3.8, 4) is 0 Å². The number of hydrogen-bond donors (Lipinski definition) is 1. The van der Waals surface area contributed by atoms with Crippen LogP contribution in [0.4, 0.5) is 0 Å². The Labute approximate surface area is 43.1 Å². The van der Waals surface area contributed by atoms with Crippen LogP contribution in [0.1, 0.15) is 6.92 Å². The summed E-state index contributed by atoms with van der Waals surface area (Å²) in [7, 11) is 3.63. The van der Waals surface area contributed by atoms with Crippen LogP contribution in [0.25, 0.3) is 0 Å². The highest BCUT2D eigenvalue weighted by Gasteiger charge is 1.95. The van der Waals surface area contributed by atoms with E-state index in [4.69, 9.17) is 0 Å². The van der Waals surface area contributed by atoms with Crippen LogP contribution in [0.3, 0.4) is 0 Å². The third-order valence-electron chi connectivity index (χ3n) is 0.828. The van der Waals surface area contributed by atoms with Crippen LogP contribution in [0.2, 0.25) is 0 Å². The zero-order valence-electron chi connectivity index (χ0n) is 4.31. The molecular weight excluding hydrogens is 88.1 g/mol. The zero-order chi connectivity index (χ0) is 5.28. The Bertz CT molecular complexity index is 124. The van der Waals surface area contributed by atoms with Crippen molar-refractivity contribution in [2.75, 3.05) is 0 Å². The predicted molar refractivity (Wildman–Crippen MR) is 28.6 cm³/mol. The lowest BCUT2D eigenvalue weighted by molar-refractivity contribution is -0.801. The highest BCUT2D eigenvalue weighted by atomic mass is 15.4. The van der Waals surface area contributed by atoms with E-state index < -0.39 is 0 Å². The van der Waals surface area contributed by atoms with Crippen LogP contribution >= 0.6 is 0 Å². The van der Waals surface area contributed by atoms with Crippen molar-refractivity contribution >= 4 is 6.21 Å². The van der Waals surface area contributed by atoms with Gasteiger partial charge in [0.05, 0.1) is 12.4 Å². The molecule has 2 nitrogen and oxygen atoms in total. The molecule has 0 aromatic heterocycles. The van der Waals surface area contributed by atoms with Gasteiger partial charge >= 0.3 is 0 Å². The van der Waals surface area contributed by atoms with E-state index in [-0.39, 0.29) is 0 Å². The molecule has 0 bridgehead atoms. The predicted octanol–water partition coefficient (Wildman–Crippen LogP) is -0.434. The number of allylic oxidation sites excluding steroid dienone is 1. The molecule has 1 aliphatic heterocycles. The topological polar surface area (TPSA) is 16.8 Å². The summed E-state index contributed by atoms with van der Waals surface area (Å²) in [4.78, 5) is 0. The van der Waals surface area contributed by atoms with E-state index in [0.29, 0.717) is 0 Å². The molecule has 0 aromatic rings. The van der Waals surface area contributed by atoms with Crippen molar-refractivity contribution in [2.24, 2.45) is 5.10 Å². The number of rotatable bonds is 0. The standard InChI is InChI=1S/C5H8N2/c1-5-3-6-7(2)4-5/h3-4,7H,2H2,1H3. The maximum atomic E-state index is 3.91. The zero-order valence-corrected chi connectivity index (χ0v) is 4.31. The second-order valence-electron chi connectivity index (χ2n) is 1.64. The fraction of sp³-hybridized carbons (Fsp3) is 0.200. The minimum absolute atomic E-state index is 0.859. The average molecular weight is 96.1 g/mol. The van der Waals surface area contributed by atoms with Crippen molar-refractivity contribution in [1.29, 1.82) is 0 Å². The maximum absolute atomic E-state index is 3.91. The Morgan fingerprint density at radius 2 is 2.57 bits per heavy atom. The minimum Gasteiger partial charge on any atom is -0.312 e. The van der Waals surface area contributed by atoms with Crippen molar-refractivity contribution in [3.63, 3.8) is 0 Å². The van der Waals surface area contributed by atoms with Crippen molar-refractivity contribution in [3.05, 3.63) is 18.8 Å². The van der Waals surface area contributed by atoms with Crippen LogP contribution in [-0.2, 0) is 0 Å². The van der Waals surface area contributed by atoms with E-state index in [0.717, 1.165) is 5.01 Å². The summed E-state index contributed by atoms with van der Waals surface area (Å²) in [6, 6.07) is 0. The molecule has 1 rings (SSSR count). The number of nitrogens with one attached hydrogen (secondary N) is 1. The molecule has 1 N–H and O–H groups in total. The first kappa shape index (κ1) is 4.53. The monoisotopic (exact) mass is 96.1 g/mol. The lowest BCUT2D eigenvalue weighted by atomic mass is 10.4. The van der Waals surface area contributed by atoms with Gasteiger partial charge in [0.2, 0.25) is 0 Å². The second kappa shape index (κ2) is 1.46. The normalized spacial score (nSPS) is 28.3. The first-order valence-electron chi connectivity index (χ1n) is 2.20. The summed E-state index contributed by atoms with van der Waals surface area (Å²) >= 11 is 0. The summed E-state index contributed by atoms with van der Waals surface area (Å²) in [6.07, 6.45) is 3.75. The van der Waals surface area contributed by atoms with Crippen LogP contribution in [0.5, 0.6) is 0 Å². The van der Waals surface area contributed by atoms with Crippen LogP contribution in [0, 0.1) is 7.05 Å². The van der Waals surface area contributed by atoms with Crippen LogP contribution < -0.4 is 5.01 Å². The quantitative estimate of drug-likeness (QED) is 0.394. The summed E-state index contributed by atoms with van der Waals surface area (Å²) in [5.74, 6) is 0. The molecule has 0 aliphatic carbocycles. The van der Waals surface area contributed by atoms with Crippen LogP contribution in [-0.4, -0.2) is 6.21 Å². The van der Waals surface area contributed by atoms with E-state index >= 15 is 0 Å². The van der Waals surface area contributed by atoms with Gasteiger partial charge in [0, 0.05) is 5.57 Å². The maximum Gasteiger partial charge on any atom is 0.0981 e. The van der Waals surface area contributed by atoms with Gasteiger partial charge in [-0.3, -0.25) is 0 Å². The highest BCUT2D eigenvalue weighted by molar-refractivity contribution is 5.77. The van der Waals surface area contributed by atoms with E-state index in [1.165, 1.54) is 5.57 Å². The van der Waals surface area contributed by atoms with Crippen molar-refractivity contribution in [2.45, 2.75) is 6.92 Å². The van der Waals surface area contributed by atoms with Gasteiger partial charge in [-0.2, -0.15) is 0 Å². The largest absolute Gasteiger partial charge is 0.312 e. The lowest BCUT2D eigenvalue weighted by Crippen LogP contribution is -2.95. The molecule has 0 spiro atoms. The molecule has 38 valence electrons. The van der Waals surface area contributed by atoms with Gasteiger partial charge in [0.15, 0.2) is 0 Å². The second-order valence-corrected chi connectivity index (χ2v) is 1.64. The summed E-state index contributed by atoms with van der Waals surface area (Å²) < 4.78 is 0. The van der Waals surface area contributed by atoms with Gasteiger partial charge in [0.1, 0.15) is 0 Å². The average Bonchev–Trinajstić information content (AvgIpc) is 1.87. The van der Waals surface area contributed by atoms with E-state index in [1.807, 2.05) is 19.3 Å². The number of hydrogen-bond acceptors (Lipinski definition) is 1. The Balaban J connectivity index is 2.69. The molecule has 0 saturated carbocycles. The molecule has 0 aromatic carbocycles. The van der Waals surface area contributed by atoms with Gasteiger partial charge in [-0.25, -0.2) is 0 Å². The fourth-order valence-electron chi connectivity index (χ4n) is 0.522. The van der Waals surface area contributed by atoms with Crippen molar-refractivity contribution < 1.29 is 5.01 Å². The SMILES string of the molecule is [CH2-][NH+]1C=C(C)C=N1. The lowest BCUT2D eigenvalue weighted by Gasteiger charge is -1.97. The van der Waals surface area contributed by atoms with Gasteiger partial charge in [-0.15, -0.1) is 12.1 Å². The summed E-state index contributed by atoms with van der Waals surface area (Å²) in [6.45, 7) is 2.00. The molecule has 7 heavy (non-hydrogen) atoms. The van der Waals surface area contributed by atoms with Gasteiger partial charge in [-0.05, 0) is 6.92 Å². The Morgan fingerprint density at radius 1 is 1.86 bits per heavy atom. The Kier molecular flexibility index (Phi) is 0.947. The Morgan fingerprint density at radius 3 is 2.71 bits per heavy atom. The molecule has 1 aliphatic rings. The molecular formula is C5H8N2. The van der Waals surface area contributed by atoms with Crippen LogP contribution in [0.15, 0.2) is 16.9 Å². The molecule has 0 saturated heterocycles. The number of quaternary nitrogens is 1. The van der Waals surface area contributed by atoms with E-state index in [2.05, 4.69) is 12.1 Å². The molecule has 0 radical (unpaired) electrons. The summed E-state index contributed by atoms with van der Waals surface area (Å²) in [5.41, 5.74) is 1.19. The molecule has 0 amide bonds. The van der Waals surface area contributed by atoms with Gasteiger partial charge in [-0.1, -0.05) is 0 Å². The Hall–Kier alpha value is -0.630.